The second-order valence-electron chi connectivity index (χ2n) is 7.39. The minimum Gasteiger partial charge on any atom is -0.329 e. The summed E-state index contributed by atoms with van der Waals surface area (Å²) >= 11 is 0. The number of fused-ring (bicyclic) bond motifs is 1. The molecular formula is C17H26N6O. The molecule has 0 fully saturated rings. The summed E-state index contributed by atoms with van der Waals surface area (Å²) < 4.78 is 4.07. The monoisotopic (exact) mass is 330 g/mol. The lowest BCUT2D eigenvalue weighted by atomic mass is 10.1. The molecule has 0 N–H and O–H groups in total. The number of carbonyl (C=O) groups excluding carboxylic acids is 1. The van der Waals surface area contributed by atoms with Crippen molar-refractivity contribution in [2.75, 3.05) is 6.54 Å². The maximum absolute atomic E-state index is 13.1. The minimum absolute atomic E-state index is 0.0350. The molecule has 2 aromatic rings. The summed E-state index contributed by atoms with van der Waals surface area (Å²) in [5.74, 6) is 1.89. The van der Waals surface area contributed by atoms with Gasteiger partial charge in [-0.15, -0.1) is 10.2 Å². The zero-order valence-corrected chi connectivity index (χ0v) is 15.4. The highest BCUT2D eigenvalue weighted by molar-refractivity contribution is 5.96. The Morgan fingerprint density at radius 1 is 1.17 bits per heavy atom. The van der Waals surface area contributed by atoms with E-state index in [1.807, 2.05) is 23.4 Å². The van der Waals surface area contributed by atoms with Gasteiger partial charge in [0, 0.05) is 25.2 Å². The summed E-state index contributed by atoms with van der Waals surface area (Å²) in [6.07, 6.45) is 0.859. The van der Waals surface area contributed by atoms with Crippen molar-refractivity contribution in [2.45, 2.75) is 66.6 Å². The van der Waals surface area contributed by atoms with Gasteiger partial charge in [-0.2, -0.15) is 5.10 Å². The SMILES string of the molecule is CCc1nnc2n1CCN(C(=O)c1c(C)nn(C(C)(C)C)c1C)C2. The van der Waals surface area contributed by atoms with E-state index in [-0.39, 0.29) is 11.4 Å². The third-order valence-electron chi connectivity index (χ3n) is 4.57. The van der Waals surface area contributed by atoms with E-state index in [0.717, 1.165) is 36.0 Å². The Hall–Kier alpha value is -2.18. The van der Waals surface area contributed by atoms with Crippen molar-refractivity contribution in [3.63, 3.8) is 0 Å². The maximum Gasteiger partial charge on any atom is 0.258 e. The predicted octanol–water partition coefficient (Wildman–Crippen LogP) is 2.06. The molecule has 0 radical (unpaired) electrons. The van der Waals surface area contributed by atoms with Crippen LogP contribution < -0.4 is 0 Å². The number of rotatable bonds is 2. The van der Waals surface area contributed by atoms with Crippen molar-refractivity contribution >= 4 is 5.91 Å². The van der Waals surface area contributed by atoms with Crippen molar-refractivity contribution in [2.24, 2.45) is 0 Å². The molecule has 7 heteroatoms. The molecule has 2 aromatic heterocycles. The van der Waals surface area contributed by atoms with Crippen molar-refractivity contribution in [1.29, 1.82) is 0 Å². The van der Waals surface area contributed by atoms with Crippen LogP contribution in [0.25, 0.3) is 0 Å². The largest absolute Gasteiger partial charge is 0.329 e. The molecular weight excluding hydrogens is 304 g/mol. The average Bonchev–Trinajstić information content (AvgIpc) is 3.06. The summed E-state index contributed by atoms with van der Waals surface area (Å²) in [5.41, 5.74) is 2.28. The molecule has 24 heavy (non-hydrogen) atoms. The topological polar surface area (TPSA) is 68.8 Å². The molecule has 7 nitrogen and oxygen atoms in total. The van der Waals surface area contributed by atoms with Crippen LogP contribution in [-0.2, 0) is 25.0 Å². The smallest absolute Gasteiger partial charge is 0.258 e. The van der Waals surface area contributed by atoms with Gasteiger partial charge in [0.25, 0.3) is 5.91 Å². The van der Waals surface area contributed by atoms with Gasteiger partial charge in [0.1, 0.15) is 5.82 Å². The first-order valence-electron chi connectivity index (χ1n) is 8.51. The third-order valence-corrected chi connectivity index (χ3v) is 4.57. The van der Waals surface area contributed by atoms with E-state index in [9.17, 15) is 4.79 Å². The molecule has 0 spiro atoms. The molecule has 3 heterocycles. The maximum atomic E-state index is 13.1. The van der Waals surface area contributed by atoms with Crippen molar-refractivity contribution in [3.05, 3.63) is 28.6 Å². The Bertz CT molecular complexity index is 780. The van der Waals surface area contributed by atoms with E-state index in [2.05, 4.69) is 47.6 Å². The van der Waals surface area contributed by atoms with Gasteiger partial charge in [-0.25, -0.2) is 0 Å². The lowest BCUT2D eigenvalue weighted by Crippen LogP contribution is -2.39. The van der Waals surface area contributed by atoms with E-state index in [0.29, 0.717) is 18.7 Å². The van der Waals surface area contributed by atoms with Crippen LogP contribution in [0.5, 0.6) is 0 Å². The molecule has 0 aromatic carbocycles. The fourth-order valence-corrected chi connectivity index (χ4v) is 3.42. The lowest BCUT2D eigenvalue weighted by Gasteiger charge is -2.28. The zero-order chi connectivity index (χ0) is 17.6. The molecule has 130 valence electrons. The normalized spacial score (nSPS) is 14.8. The molecule has 1 aliphatic rings. The third kappa shape index (κ3) is 2.61. The fourth-order valence-electron chi connectivity index (χ4n) is 3.42. The molecule has 0 saturated heterocycles. The quantitative estimate of drug-likeness (QED) is 0.845. The summed E-state index contributed by atoms with van der Waals surface area (Å²) in [4.78, 5) is 14.9. The average molecular weight is 330 g/mol. The fraction of sp³-hybridized carbons (Fsp3) is 0.647. The standard InChI is InChI=1S/C17H26N6O/c1-7-13-18-19-14-10-21(8-9-22(13)14)16(24)15-11(2)20-23(12(15)3)17(4,5)6/h7-10H2,1-6H3. The number of aromatic nitrogens is 5. The van der Waals surface area contributed by atoms with E-state index in [4.69, 9.17) is 0 Å². The number of aryl methyl sites for hydroxylation is 2. The van der Waals surface area contributed by atoms with Crippen molar-refractivity contribution in [1.82, 2.24) is 29.4 Å². The number of nitrogens with zero attached hydrogens (tertiary/aromatic N) is 6. The summed E-state index contributed by atoms with van der Waals surface area (Å²) in [6.45, 7) is 14.2. The Morgan fingerprint density at radius 3 is 2.46 bits per heavy atom. The molecule has 0 atom stereocenters. The van der Waals surface area contributed by atoms with Crippen molar-refractivity contribution < 1.29 is 4.79 Å². The number of hydrogen-bond acceptors (Lipinski definition) is 4. The first kappa shape index (κ1) is 16.7. The van der Waals surface area contributed by atoms with Gasteiger partial charge in [-0.1, -0.05) is 6.92 Å². The molecule has 0 saturated carbocycles. The highest BCUT2D eigenvalue weighted by Crippen LogP contribution is 2.24. The Balaban J connectivity index is 1.90. The van der Waals surface area contributed by atoms with Gasteiger partial charge < -0.3 is 9.47 Å². The van der Waals surface area contributed by atoms with Gasteiger partial charge in [0.2, 0.25) is 0 Å². The highest BCUT2D eigenvalue weighted by Gasteiger charge is 2.30. The predicted molar refractivity (Wildman–Crippen MR) is 90.8 cm³/mol. The Kier molecular flexibility index (Phi) is 3.97. The van der Waals surface area contributed by atoms with Crippen LogP contribution in [-0.4, -0.2) is 41.9 Å². The van der Waals surface area contributed by atoms with E-state index in [1.54, 1.807) is 0 Å². The van der Waals surface area contributed by atoms with Crippen LogP contribution in [0.3, 0.4) is 0 Å². The van der Waals surface area contributed by atoms with Gasteiger partial charge in [-0.3, -0.25) is 9.48 Å². The van der Waals surface area contributed by atoms with Crippen LogP contribution in [0, 0.1) is 13.8 Å². The number of carbonyl (C=O) groups is 1. The molecule has 1 amide bonds. The molecule has 3 rings (SSSR count). The van der Waals surface area contributed by atoms with Crippen LogP contribution in [0.2, 0.25) is 0 Å². The molecule has 0 aliphatic carbocycles. The molecule has 0 bridgehead atoms. The molecule has 0 unspecified atom stereocenters. The number of amides is 1. The van der Waals surface area contributed by atoms with E-state index in [1.165, 1.54) is 0 Å². The summed E-state index contributed by atoms with van der Waals surface area (Å²) in [5, 5.41) is 13.0. The van der Waals surface area contributed by atoms with Crippen molar-refractivity contribution in [3.8, 4) is 0 Å². The van der Waals surface area contributed by atoms with Crippen LogP contribution in [0.1, 0.15) is 61.1 Å². The van der Waals surface area contributed by atoms with Gasteiger partial charge in [0.15, 0.2) is 5.82 Å². The van der Waals surface area contributed by atoms with Gasteiger partial charge >= 0.3 is 0 Å². The molecule has 1 aliphatic heterocycles. The lowest BCUT2D eigenvalue weighted by molar-refractivity contribution is 0.0704. The van der Waals surface area contributed by atoms with E-state index < -0.39 is 0 Å². The second-order valence-corrected chi connectivity index (χ2v) is 7.39. The minimum atomic E-state index is -0.147. The Morgan fingerprint density at radius 2 is 1.88 bits per heavy atom. The second kappa shape index (κ2) is 5.72. The van der Waals surface area contributed by atoms with E-state index >= 15 is 0 Å². The zero-order valence-electron chi connectivity index (χ0n) is 15.4. The first-order chi connectivity index (χ1) is 11.2. The highest BCUT2D eigenvalue weighted by atomic mass is 16.2. The first-order valence-corrected chi connectivity index (χ1v) is 8.51. The summed E-state index contributed by atoms with van der Waals surface area (Å²) in [7, 11) is 0. The van der Waals surface area contributed by atoms with Crippen LogP contribution >= 0.6 is 0 Å². The van der Waals surface area contributed by atoms with Crippen LogP contribution in [0.4, 0.5) is 0 Å². The number of hydrogen-bond donors (Lipinski definition) is 0. The Labute approximate surface area is 142 Å². The summed E-state index contributed by atoms with van der Waals surface area (Å²) in [6, 6.07) is 0. The van der Waals surface area contributed by atoms with Gasteiger partial charge in [0.05, 0.1) is 23.3 Å². The van der Waals surface area contributed by atoms with Crippen LogP contribution in [0.15, 0.2) is 0 Å². The van der Waals surface area contributed by atoms with Gasteiger partial charge in [-0.05, 0) is 34.6 Å².